The average Bonchev–Trinajstić information content (AvgIpc) is 2.59. The Kier molecular flexibility index (Phi) is 4.78. The third kappa shape index (κ3) is 3.83. The second kappa shape index (κ2) is 6.85. The van der Waals surface area contributed by atoms with Crippen LogP contribution in [-0.4, -0.2) is 37.8 Å². The van der Waals surface area contributed by atoms with Crippen LogP contribution in [0.4, 0.5) is 11.4 Å². The third-order valence-electron chi connectivity index (χ3n) is 4.33. The van der Waals surface area contributed by atoms with Gasteiger partial charge in [0.05, 0.1) is 16.7 Å². The van der Waals surface area contributed by atoms with E-state index >= 15 is 0 Å². The molecule has 6 nitrogen and oxygen atoms in total. The van der Waals surface area contributed by atoms with Gasteiger partial charge in [-0.25, -0.2) is 8.42 Å². The smallest absolute Gasteiger partial charge is 0.239 e. The fourth-order valence-electron chi connectivity index (χ4n) is 2.81. The number of carbonyl (C=O) groups excluding carboxylic acids is 1. The van der Waals surface area contributed by atoms with E-state index in [1.165, 1.54) is 6.07 Å². The first-order chi connectivity index (χ1) is 11.9. The summed E-state index contributed by atoms with van der Waals surface area (Å²) in [6.07, 6.45) is -0.630. The molecule has 0 aliphatic carbocycles. The van der Waals surface area contributed by atoms with Gasteiger partial charge in [-0.3, -0.25) is 4.79 Å². The monoisotopic (exact) mass is 360 g/mol. The zero-order valence-corrected chi connectivity index (χ0v) is 14.6. The summed E-state index contributed by atoms with van der Waals surface area (Å²) in [6.45, 7) is 2.22. The van der Waals surface area contributed by atoms with Crippen LogP contribution in [0.15, 0.2) is 53.4 Å². The molecule has 2 aromatic rings. The molecule has 0 aromatic heterocycles. The number of hydrogen-bond donors (Lipinski definition) is 3. The summed E-state index contributed by atoms with van der Waals surface area (Å²) < 4.78 is 24.3. The predicted molar refractivity (Wildman–Crippen MR) is 96.5 cm³/mol. The second-order valence-corrected chi connectivity index (χ2v) is 8.12. The van der Waals surface area contributed by atoms with Crippen molar-refractivity contribution >= 4 is 27.1 Å². The van der Waals surface area contributed by atoms with Gasteiger partial charge in [0.2, 0.25) is 5.91 Å². The molecule has 2 aromatic carbocycles. The lowest BCUT2D eigenvalue weighted by molar-refractivity contribution is -0.114. The van der Waals surface area contributed by atoms with Crippen molar-refractivity contribution in [2.24, 2.45) is 0 Å². The highest BCUT2D eigenvalue weighted by molar-refractivity contribution is 7.92. The fourth-order valence-corrected chi connectivity index (χ4v) is 4.14. The molecular weight excluding hydrogens is 340 g/mol. The number of sulfone groups is 1. The summed E-state index contributed by atoms with van der Waals surface area (Å²) in [5.41, 5.74) is 1.91. The summed E-state index contributed by atoms with van der Waals surface area (Å²) in [7, 11) is -3.63. The van der Waals surface area contributed by atoms with Crippen LogP contribution in [0.2, 0.25) is 0 Å². The molecule has 0 bridgehead atoms. The fraction of sp³-hybridized carbons (Fsp3) is 0.278. The molecule has 0 fully saturated rings. The van der Waals surface area contributed by atoms with Gasteiger partial charge < -0.3 is 15.7 Å². The number of carbonyl (C=O) groups is 1. The highest BCUT2D eigenvalue weighted by Crippen LogP contribution is 2.29. The van der Waals surface area contributed by atoms with E-state index in [-0.39, 0.29) is 17.4 Å². The maximum atomic E-state index is 12.1. The van der Waals surface area contributed by atoms with Crippen LogP contribution in [0.25, 0.3) is 0 Å². The molecule has 3 rings (SSSR count). The summed E-state index contributed by atoms with van der Waals surface area (Å²) in [6, 6.07) is 14.4. The summed E-state index contributed by atoms with van der Waals surface area (Å²) in [5, 5.41) is 16.0. The molecule has 3 N–H and O–H groups in total. The van der Waals surface area contributed by atoms with Gasteiger partial charge >= 0.3 is 0 Å². The van der Waals surface area contributed by atoms with E-state index in [1.54, 1.807) is 12.1 Å². The zero-order chi connectivity index (χ0) is 18.0. The van der Waals surface area contributed by atoms with Gasteiger partial charge in [0.25, 0.3) is 0 Å². The third-order valence-corrected chi connectivity index (χ3v) is 5.98. The Morgan fingerprint density at radius 2 is 1.92 bits per heavy atom. The quantitative estimate of drug-likeness (QED) is 0.758. The highest BCUT2D eigenvalue weighted by Gasteiger charge is 2.29. The van der Waals surface area contributed by atoms with Crippen molar-refractivity contribution in [3.8, 4) is 0 Å². The number of aliphatic hydroxyl groups excluding tert-OH is 1. The van der Waals surface area contributed by atoms with Gasteiger partial charge in [0.15, 0.2) is 9.84 Å². The molecular formula is C18H20N2O4S. The van der Waals surface area contributed by atoms with Crippen LogP contribution in [0, 0.1) is 0 Å². The van der Waals surface area contributed by atoms with Gasteiger partial charge in [-0.1, -0.05) is 37.3 Å². The van der Waals surface area contributed by atoms with Crippen LogP contribution in [0.5, 0.6) is 0 Å². The summed E-state index contributed by atoms with van der Waals surface area (Å²) >= 11 is 0. The predicted octanol–water partition coefficient (Wildman–Crippen LogP) is 1.99. The molecule has 25 heavy (non-hydrogen) atoms. The molecule has 132 valence electrons. The van der Waals surface area contributed by atoms with Crippen LogP contribution < -0.4 is 10.6 Å². The number of benzene rings is 2. The Balaban J connectivity index is 1.71. The Morgan fingerprint density at radius 1 is 1.20 bits per heavy atom. The SMILES string of the molecule is CC(c1ccccc1)C(O)CNc1ccc2c(c1)S(=O)(=O)CC(=O)N2. The largest absolute Gasteiger partial charge is 0.391 e. The number of anilines is 2. The van der Waals surface area contributed by atoms with Gasteiger partial charge in [0.1, 0.15) is 5.75 Å². The van der Waals surface area contributed by atoms with E-state index in [9.17, 15) is 18.3 Å². The van der Waals surface area contributed by atoms with Crippen molar-refractivity contribution in [1.82, 2.24) is 0 Å². The number of fused-ring (bicyclic) bond motifs is 1. The number of aliphatic hydroxyl groups is 1. The molecule has 0 saturated heterocycles. The van der Waals surface area contributed by atoms with Crippen LogP contribution >= 0.6 is 0 Å². The van der Waals surface area contributed by atoms with Crippen molar-refractivity contribution in [1.29, 1.82) is 0 Å². The molecule has 1 aliphatic heterocycles. The first-order valence-electron chi connectivity index (χ1n) is 8.00. The Morgan fingerprint density at radius 3 is 2.64 bits per heavy atom. The van der Waals surface area contributed by atoms with E-state index < -0.39 is 27.6 Å². The number of nitrogens with one attached hydrogen (secondary N) is 2. The molecule has 2 atom stereocenters. The van der Waals surface area contributed by atoms with E-state index in [4.69, 9.17) is 0 Å². The lowest BCUT2D eigenvalue weighted by Gasteiger charge is -2.21. The van der Waals surface area contributed by atoms with E-state index in [0.29, 0.717) is 11.4 Å². The van der Waals surface area contributed by atoms with E-state index in [0.717, 1.165) is 5.56 Å². The average molecular weight is 360 g/mol. The normalized spacial score (nSPS) is 17.9. The Labute approximate surface area is 146 Å². The number of hydrogen-bond acceptors (Lipinski definition) is 5. The van der Waals surface area contributed by atoms with Gasteiger partial charge in [-0.15, -0.1) is 0 Å². The minimum absolute atomic E-state index is 0.0608. The van der Waals surface area contributed by atoms with Crippen LogP contribution in [0.3, 0.4) is 0 Å². The van der Waals surface area contributed by atoms with Crippen molar-refractivity contribution < 1.29 is 18.3 Å². The molecule has 1 amide bonds. The lowest BCUT2D eigenvalue weighted by Crippen LogP contribution is -2.29. The van der Waals surface area contributed by atoms with Crippen LogP contribution in [0.1, 0.15) is 18.4 Å². The first-order valence-corrected chi connectivity index (χ1v) is 9.65. The van der Waals surface area contributed by atoms with Crippen molar-refractivity contribution in [2.45, 2.75) is 23.8 Å². The maximum Gasteiger partial charge on any atom is 0.239 e. The maximum absolute atomic E-state index is 12.1. The molecule has 2 unspecified atom stereocenters. The zero-order valence-electron chi connectivity index (χ0n) is 13.8. The van der Waals surface area contributed by atoms with E-state index in [1.807, 2.05) is 37.3 Å². The van der Waals surface area contributed by atoms with Crippen molar-refractivity contribution in [3.63, 3.8) is 0 Å². The first kappa shape index (κ1) is 17.4. The van der Waals surface area contributed by atoms with Crippen LogP contribution in [-0.2, 0) is 14.6 Å². The number of rotatable bonds is 5. The minimum atomic E-state index is -3.63. The van der Waals surface area contributed by atoms with Gasteiger partial charge in [0, 0.05) is 18.2 Å². The molecule has 1 heterocycles. The van der Waals surface area contributed by atoms with Crippen molar-refractivity contribution in [2.75, 3.05) is 22.9 Å². The highest BCUT2D eigenvalue weighted by atomic mass is 32.2. The number of amides is 1. The Hall–Kier alpha value is -2.38. The molecule has 0 spiro atoms. The van der Waals surface area contributed by atoms with Gasteiger partial charge in [-0.2, -0.15) is 0 Å². The summed E-state index contributed by atoms with van der Waals surface area (Å²) in [5.74, 6) is -1.13. The molecule has 0 saturated carbocycles. The second-order valence-electron chi connectivity index (χ2n) is 6.17. The lowest BCUT2D eigenvalue weighted by atomic mass is 9.95. The van der Waals surface area contributed by atoms with Gasteiger partial charge in [-0.05, 0) is 23.8 Å². The Bertz CT molecular complexity index is 881. The molecule has 1 aliphatic rings. The molecule has 7 heteroatoms. The molecule has 0 radical (unpaired) electrons. The summed E-state index contributed by atoms with van der Waals surface area (Å²) in [4.78, 5) is 11.5. The van der Waals surface area contributed by atoms with Crippen molar-refractivity contribution in [3.05, 3.63) is 54.1 Å². The minimum Gasteiger partial charge on any atom is -0.391 e. The topological polar surface area (TPSA) is 95.5 Å². The van der Waals surface area contributed by atoms with E-state index in [2.05, 4.69) is 10.6 Å². The standard InChI is InChI=1S/C18H20N2O4S/c1-12(13-5-3-2-4-6-13)16(21)10-19-14-7-8-15-17(9-14)25(23,24)11-18(22)20-15/h2-9,12,16,19,21H,10-11H2,1H3,(H,20,22).